The lowest BCUT2D eigenvalue weighted by molar-refractivity contribution is -0.121. The van der Waals surface area contributed by atoms with Gasteiger partial charge in [-0.1, -0.05) is 23.7 Å². The Kier molecular flexibility index (Phi) is 7.67. The van der Waals surface area contributed by atoms with Crippen LogP contribution in [0.5, 0.6) is 5.75 Å². The smallest absolute Gasteiger partial charge is 0.220 e. The second-order valence-electron chi connectivity index (χ2n) is 7.42. The lowest BCUT2D eigenvalue weighted by Gasteiger charge is -2.17. The highest BCUT2D eigenvalue weighted by Crippen LogP contribution is 2.17. The van der Waals surface area contributed by atoms with Crippen LogP contribution < -0.4 is 10.1 Å². The summed E-state index contributed by atoms with van der Waals surface area (Å²) in [5.74, 6) is 0.795. The van der Waals surface area contributed by atoms with E-state index in [4.69, 9.17) is 16.3 Å². The standard InChI is InChI=1S/C23H27ClN2O3/c1-29-21-11-7-18(8-12-21)22(27)3-2-4-23(28)25-20-13-14-26(16-20)15-17-5-9-19(24)10-6-17/h5-12,20H,2-4,13-16H2,1H3,(H,25,28). The first-order valence-corrected chi connectivity index (χ1v) is 10.3. The quantitative estimate of drug-likeness (QED) is 0.628. The van der Waals surface area contributed by atoms with Crippen LogP contribution >= 0.6 is 11.6 Å². The fraction of sp³-hybridized carbons (Fsp3) is 0.391. The van der Waals surface area contributed by atoms with Crippen LogP contribution in [-0.4, -0.2) is 42.8 Å². The topological polar surface area (TPSA) is 58.6 Å². The molecular weight excluding hydrogens is 388 g/mol. The SMILES string of the molecule is COc1ccc(C(=O)CCCC(=O)NC2CCN(Cc3ccc(Cl)cc3)C2)cc1. The van der Waals surface area contributed by atoms with E-state index in [-0.39, 0.29) is 17.7 Å². The van der Waals surface area contributed by atoms with Crippen molar-refractivity contribution in [2.75, 3.05) is 20.2 Å². The summed E-state index contributed by atoms with van der Waals surface area (Å²) in [6, 6.07) is 15.1. The highest BCUT2D eigenvalue weighted by Gasteiger charge is 2.23. The molecule has 2 aromatic carbocycles. The molecule has 1 fully saturated rings. The molecule has 1 heterocycles. The van der Waals surface area contributed by atoms with E-state index in [2.05, 4.69) is 10.2 Å². The van der Waals surface area contributed by atoms with Crippen molar-refractivity contribution in [2.45, 2.75) is 38.3 Å². The molecule has 154 valence electrons. The molecule has 6 heteroatoms. The van der Waals surface area contributed by atoms with E-state index in [1.807, 2.05) is 24.3 Å². The minimum atomic E-state index is 0.0193. The van der Waals surface area contributed by atoms with Crippen LogP contribution in [0, 0.1) is 0 Å². The largest absolute Gasteiger partial charge is 0.497 e. The summed E-state index contributed by atoms with van der Waals surface area (Å²) in [6.07, 6.45) is 2.24. The summed E-state index contributed by atoms with van der Waals surface area (Å²) in [6.45, 7) is 2.67. The Labute approximate surface area is 177 Å². The molecule has 0 bridgehead atoms. The number of carbonyl (C=O) groups is 2. The number of amides is 1. The van der Waals surface area contributed by atoms with Crippen molar-refractivity contribution in [2.24, 2.45) is 0 Å². The minimum Gasteiger partial charge on any atom is -0.497 e. The van der Waals surface area contributed by atoms with Crippen LogP contribution in [0.25, 0.3) is 0 Å². The van der Waals surface area contributed by atoms with Gasteiger partial charge in [-0.25, -0.2) is 0 Å². The van der Waals surface area contributed by atoms with E-state index in [0.29, 0.717) is 24.8 Å². The Morgan fingerprint density at radius 1 is 1.10 bits per heavy atom. The first-order chi connectivity index (χ1) is 14.0. The van der Waals surface area contributed by atoms with Crippen molar-refractivity contribution in [3.8, 4) is 5.75 Å². The molecular formula is C23H27ClN2O3. The third-order valence-corrected chi connectivity index (χ3v) is 5.43. The molecule has 3 rings (SSSR count). The Morgan fingerprint density at radius 3 is 2.52 bits per heavy atom. The van der Waals surface area contributed by atoms with Crippen LogP contribution in [0.15, 0.2) is 48.5 Å². The number of rotatable bonds is 9. The van der Waals surface area contributed by atoms with E-state index in [0.717, 1.165) is 36.8 Å². The zero-order valence-electron chi connectivity index (χ0n) is 16.7. The predicted molar refractivity (Wildman–Crippen MR) is 114 cm³/mol. The number of benzene rings is 2. The first kappa shape index (κ1) is 21.3. The van der Waals surface area contributed by atoms with Crippen molar-refractivity contribution in [1.82, 2.24) is 10.2 Å². The monoisotopic (exact) mass is 414 g/mol. The predicted octanol–water partition coefficient (Wildman–Crippen LogP) is 4.09. The lowest BCUT2D eigenvalue weighted by atomic mass is 10.1. The van der Waals surface area contributed by atoms with Crippen LogP contribution in [0.2, 0.25) is 5.02 Å². The van der Waals surface area contributed by atoms with Crippen molar-refractivity contribution < 1.29 is 14.3 Å². The third kappa shape index (κ3) is 6.58. The number of ketones is 1. The van der Waals surface area contributed by atoms with E-state index in [1.165, 1.54) is 5.56 Å². The Hall–Kier alpha value is -2.37. The Balaban J connectivity index is 1.35. The number of halogens is 1. The molecule has 1 unspecified atom stereocenters. The number of likely N-dealkylation sites (tertiary alicyclic amines) is 1. The molecule has 2 aromatic rings. The van der Waals surface area contributed by atoms with Gasteiger partial charge in [0.1, 0.15) is 5.75 Å². The van der Waals surface area contributed by atoms with Crippen LogP contribution in [0.4, 0.5) is 0 Å². The molecule has 1 amide bonds. The number of hydrogen-bond acceptors (Lipinski definition) is 4. The zero-order valence-corrected chi connectivity index (χ0v) is 17.5. The summed E-state index contributed by atoms with van der Waals surface area (Å²) in [4.78, 5) is 26.8. The summed E-state index contributed by atoms with van der Waals surface area (Å²) < 4.78 is 5.10. The number of methoxy groups -OCH3 is 1. The number of hydrogen-bond donors (Lipinski definition) is 1. The van der Waals surface area contributed by atoms with E-state index < -0.39 is 0 Å². The average molecular weight is 415 g/mol. The summed E-state index contributed by atoms with van der Waals surface area (Å²) >= 11 is 5.93. The van der Waals surface area contributed by atoms with Gasteiger partial charge in [-0.2, -0.15) is 0 Å². The van der Waals surface area contributed by atoms with Gasteiger partial charge in [-0.3, -0.25) is 14.5 Å². The molecule has 0 spiro atoms. The number of Topliss-reactive ketones (excluding diaryl/α,β-unsaturated/α-hetero) is 1. The fourth-order valence-electron chi connectivity index (χ4n) is 3.57. The number of nitrogens with one attached hydrogen (secondary N) is 1. The molecule has 1 aliphatic heterocycles. The number of carbonyl (C=O) groups excluding carboxylic acids is 2. The number of ether oxygens (including phenoxy) is 1. The fourth-order valence-corrected chi connectivity index (χ4v) is 3.70. The summed E-state index contributed by atoms with van der Waals surface area (Å²) in [7, 11) is 1.59. The highest BCUT2D eigenvalue weighted by atomic mass is 35.5. The van der Waals surface area contributed by atoms with Crippen LogP contribution in [0.1, 0.15) is 41.6 Å². The van der Waals surface area contributed by atoms with Gasteiger partial charge in [0.15, 0.2) is 5.78 Å². The van der Waals surface area contributed by atoms with E-state index in [9.17, 15) is 9.59 Å². The number of nitrogens with zero attached hydrogens (tertiary/aromatic N) is 1. The minimum absolute atomic E-state index is 0.0193. The average Bonchev–Trinajstić information content (AvgIpc) is 3.16. The second kappa shape index (κ2) is 10.4. The molecule has 0 aromatic heterocycles. The zero-order chi connectivity index (χ0) is 20.6. The maximum Gasteiger partial charge on any atom is 0.220 e. The van der Waals surface area contributed by atoms with Gasteiger partial charge in [0.2, 0.25) is 5.91 Å². The van der Waals surface area contributed by atoms with Gasteiger partial charge in [0.05, 0.1) is 7.11 Å². The highest BCUT2D eigenvalue weighted by molar-refractivity contribution is 6.30. The van der Waals surface area contributed by atoms with Gasteiger partial charge in [-0.15, -0.1) is 0 Å². The lowest BCUT2D eigenvalue weighted by Crippen LogP contribution is -2.36. The summed E-state index contributed by atoms with van der Waals surface area (Å²) in [5, 5.41) is 3.84. The molecule has 5 nitrogen and oxygen atoms in total. The van der Waals surface area contributed by atoms with Gasteiger partial charge in [0, 0.05) is 49.1 Å². The van der Waals surface area contributed by atoms with Crippen molar-refractivity contribution in [3.63, 3.8) is 0 Å². The van der Waals surface area contributed by atoms with Gasteiger partial charge < -0.3 is 10.1 Å². The molecule has 0 saturated carbocycles. The van der Waals surface area contributed by atoms with Crippen LogP contribution in [-0.2, 0) is 11.3 Å². The molecule has 0 aliphatic carbocycles. The molecule has 0 radical (unpaired) electrons. The van der Waals surface area contributed by atoms with Crippen LogP contribution in [0.3, 0.4) is 0 Å². The molecule has 29 heavy (non-hydrogen) atoms. The van der Waals surface area contributed by atoms with Gasteiger partial charge in [0.25, 0.3) is 0 Å². The summed E-state index contributed by atoms with van der Waals surface area (Å²) in [5.41, 5.74) is 1.87. The van der Waals surface area contributed by atoms with E-state index in [1.54, 1.807) is 31.4 Å². The van der Waals surface area contributed by atoms with Crippen molar-refractivity contribution >= 4 is 23.3 Å². The van der Waals surface area contributed by atoms with Crippen molar-refractivity contribution in [3.05, 3.63) is 64.7 Å². The molecule has 1 atom stereocenters. The molecule has 1 saturated heterocycles. The van der Waals surface area contributed by atoms with Gasteiger partial charge >= 0.3 is 0 Å². The Bertz CT molecular complexity index is 821. The second-order valence-corrected chi connectivity index (χ2v) is 7.86. The van der Waals surface area contributed by atoms with E-state index >= 15 is 0 Å². The maximum absolute atomic E-state index is 12.2. The van der Waals surface area contributed by atoms with Crippen molar-refractivity contribution in [1.29, 1.82) is 0 Å². The third-order valence-electron chi connectivity index (χ3n) is 5.18. The molecule has 1 aliphatic rings. The Morgan fingerprint density at radius 2 is 1.83 bits per heavy atom. The van der Waals surface area contributed by atoms with Gasteiger partial charge in [-0.05, 0) is 54.8 Å². The first-order valence-electron chi connectivity index (χ1n) is 9.97. The normalized spacial score (nSPS) is 16.6. The molecule has 1 N–H and O–H groups in total. The maximum atomic E-state index is 12.2.